The van der Waals surface area contributed by atoms with Crippen LogP contribution < -0.4 is 5.32 Å². The first-order valence-electron chi connectivity index (χ1n) is 6.84. The molecule has 1 atom stereocenters. The number of benzene rings is 1. The summed E-state index contributed by atoms with van der Waals surface area (Å²) in [5.41, 5.74) is 1.11. The normalized spacial score (nSPS) is 19.2. The van der Waals surface area contributed by atoms with Gasteiger partial charge in [0.2, 0.25) is 0 Å². The quantitative estimate of drug-likeness (QED) is 0.882. The molecule has 1 heterocycles. The zero-order valence-electron chi connectivity index (χ0n) is 11.6. The monoisotopic (exact) mass is 245 g/mol. The van der Waals surface area contributed by atoms with Gasteiger partial charge in [-0.3, -0.25) is 4.99 Å². The molecule has 1 aliphatic heterocycles. The second kappa shape index (κ2) is 5.89. The molecule has 0 bridgehead atoms. The molecule has 0 amide bonds. The Hall–Kier alpha value is -1.51. The highest BCUT2D eigenvalue weighted by molar-refractivity contribution is 5.94. The number of aliphatic imine (C=N–C) groups is 1. The molecule has 3 heteroatoms. The fraction of sp³-hybridized carbons (Fsp3) is 0.533. The summed E-state index contributed by atoms with van der Waals surface area (Å²) in [5.74, 6) is 1.74. The van der Waals surface area contributed by atoms with Crippen LogP contribution in [0.4, 0.5) is 5.69 Å². The number of rotatable bonds is 4. The first kappa shape index (κ1) is 12.9. The Bertz CT molecular complexity index is 397. The van der Waals surface area contributed by atoms with E-state index in [2.05, 4.69) is 48.1 Å². The molecule has 2 rings (SSSR count). The number of hydrogen-bond donors (Lipinski definition) is 1. The molecule has 1 unspecified atom stereocenters. The fourth-order valence-electron chi connectivity index (χ4n) is 2.47. The molecule has 0 spiro atoms. The predicted octanol–water partition coefficient (Wildman–Crippen LogP) is 3.20. The van der Waals surface area contributed by atoms with E-state index in [0.29, 0.717) is 6.04 Å². The minimum atomic E-state index is 0.557. The van der Waals surface area contributed by atoms with Crippen molar-refractivity contribution in [1.29, 1.82) is 0 Å². The summed E-state index contributed by atoms with van der Waals surface area (Å²) in [6.07, 6.45) is 1.21. The molecule has 1 aliphatic rings. The van der Waals surface area contributed by atoms with Crippen LogP contribution >= 0.6 is 0 Å². The Balaban J connectivity index is 2.01. The highest BCUT2D eigenvalue weighted by Gasteiger charge is 2.26. The van der Waals surface area contributed by atoms with Gasteiger partial charge in [0.25, 0.3) is 0 Å². The summed E-state index contributed by atoms with van der Waals surface area (Å²) < 4.78 is 0. The van der Waals surface area contributed by atoms with E-state index in [9.17, 15) is 0 Å². The van der Waals surface area contributed by atoms with Crippen LogP contribution in [0.3, 0.4) is 0 Å². The van der Waals surface area contributed by atoms with E-state index in [-0.39, 0.29) is 0 Å². The van der Waals surface area contributed by atoms with Crippen molar-refractivity contribution in [3.05, 3.63) is 30.3 Å². The lowest BCUT2D eigenvalue weighted by Gasteiger charge is -2.28. The lowest BCUT2D eigenvalue weighted by Crippen LogP contribution is -2.40. The molecule has 18 heavy (non-hydrogen) atoms. The van der Waals surface area contributed by atoms with Crippen LogP contribution in [0.1, 0.15) is 27.2 Å². The average Bonchev–Trinajstić information content (AvgIpc) is 2.72. The molecule has 0 saturated heterocycles. The van der Waals surface area contributed by atoms with E-state index in [1.807, 2.05) is 18.2 Å². The standard InChI is InChI=1S/C15H23N3/c1-4-18-14(10-12(2)3)11-16-15(18)17-13-8-6-5-7-9-13/h5-9,12,14H,4,10-11H2,1-3H3,(H,16,17). The first-order chi connectivity index (χ1) is 8.70. The number of likely N-dealkylation sites (N-methyl/N-ethyl adjacent to an activating group) is 1. The van der Waals surface area contributed by atoms with Gasteiger partial charge in [-0.15, -0.1) is 0 Å². The predicted molar refractivity (Wildman–Crippen MR) is 78.0 cm³/mol. The maximum Gasteiger partial charge on any atom is 0.198 e. The van der Waals surface area contributed by atoms with Gasteiger partial charge in [0, 0.05) is 12.2 Å². The Labute approximate surface area is 110 Å². The fourth-order valence-corrected chi connectivity index (χ4v) is 2.47. The van der Waals surface area contributed by atoms with Gasteiger partial charge in [-0.2, -0.15) is 0 Å². The lowest BCUT2D eigenvalue weighted by atomic mass is 10.0. The molecule has 0 aliphatic carbocycles. The van der Waals surface area contributed by atoms with E-state index in [1.165, 1.54) is 6.42 Å². The third-order valence-electron chi connectivity index (χ3n) is 3.28. The van der Waals surface area contributed by atoms with Crippen molar-refractivity contribution in [2.75, 3.05) is 18.4 Å². The van der Waals surface area contributed by atoms with Gasteiger partial charge >= 0.3 is 0 Å². The van der Waals surface area contributed by atoms with Gasteiger partial charge < -0.3 is 10.2 Å². The second-order valence-corrected chi connectivity index (χ2v) is 5.22. The van der Waals surface area contributed by atoms with Crippen LogP contribution in [0, 0.1) is 5.92 Å². The highest BCUT2D eigenvalue weighted by Crippen LogP contribution is 2.19. The maximum atomic E-state index is 4.65. The molecule has 1 N–H and O–H groups in total. The minimum Gasteiger partial charge on any atom is -0.338 e. The first-order valence-corrected chi connectivity index (χ1v) is 6.84. The van der Waals surface area contributed by atoms with E-state index >= 15 is 0 Å². The molecule has 3 nitrogen and oxygen atoms in total. The summed E-state index contributed by atoms with van der Waals surface area (Å²) in [5, 5.41) is 3.42. The zero-order valence-corrected chi connectivity index (χ0v) is 11.6. The average molecular weight is 245 g/mol. The number of para-hydroxylation sites is 1. The number of anilines is 1. The van der Waals surface area contributed by atoms with Crippen molar-refractivity contribution >= 4 is 11.6 Å². The van der Waals surface area contributed by atoms with Gasteiger partial charge in [-0.05, 0) is 31.4 Å². The van der Waals surface area contributed by atoms with Crippen LogP contribution in [0.15, 0.2) is 35.3 Å². The van der Waals surface area contributed by atoms with Crippen molar-refractivity contribution in [3.63, 3.8) is 0 Å². The summed E-state index contributed by atoms with van der Waals surface area (Å²) in [7, 11) is 0. The smallest absolute Gasteiger partial charge is 0.198 e. The van der Waals surface area contributed by atoms with Crippen molar-refractivity contribution in [1.82, 2.24) is 4.90 Å². The van der Waals surface area contributed by atoms with Crippen LogP contribution in [-0.2, 0) is 0 Å². The second-order valence-electron chi connectivity index (χ2n) is 5.22. The van der Waals surface area contributed by atoms with Crippen molar-refractivity contribution < 1.29 is 0 Å². The van der Waals surface area contributed by atoms with Gasteiger partial charge in [0.15, 0.2) is 5.96 Å². The molecular formula is C15H23N3. The van der Waals surface area contributed by atoms with E-state index < -0.39 is 0 Å². The van der Waals surface area contributed by atoms with Gasteiger partial charge in [-0.25, -0.2) is 0 Å². The Morgan fingerprint density at radius 2 is 2.06 bits per heavy atom. The SMILES string of the molecule is CCN1C(Nc2ccccc2)=NCC1CC(C)C. The van der Waals surface area contributed by atoms with Gasteiger partial charge in [-0.1, -0.05) is 32.0 Å². The minimum absolute atomic E-state index is 0.557. The van der Waals surface area contributed by atoms with Crippen LogP contribution in [-0.4, -0.2) is 30.0 Å². The van der Waals surface area contributed by atoms with Crippen molar-refractivity contribution in [3.8, 4) is 0 Å². The largest absolute Gasteiger partial charge is 0.338 e. The Kier molecular flexibility index (Phi) is 4.24. The number of nitrogens with zero attached hydrogens (tertiary/aromatic N) is 2. The Morgan fingerprint density at radius 1 is 1.33 bits per heavy atom. The van der Waals surface area contributed by atoms with E-state index in [4.69, 9.17) is 0 Å². The van der Waals surface area contributed by atoms with Crippen LogP contribution in [0.2, 0.25) is 0 Å². The molecular weight excluding hydrogens is 222 g/mol. The van der Waals surface area contributed by atoms with E-state index in [1.54, 1.807) is 0 Å². The van der Waals surface area contributed by atoms with Crippen molar-refractivity contribution in [2.45, 2.75) is 33.2 Å². The lowest BCUT2D eigenvalue weighted by molar-refractivity contribution is 0.309. The summed E-state index contributed by atoms with van der Waals surface area (Å²) >= 11 is 0. The Morgan fingerprint density at radius 3 is 2.67 bits per heavy atom. The summed E-state index contributed by atoms with van der Waals surface area (Å²) in [4.78, 5) is 7.03. The van der Waals surface area contributed by atoms with Crippen LogP contribution in [0.5, 0.6) is 0 Å². The zero-order chi connectivity index (χ0) is 13.0. The summed E-state index contributed by atoms with van der Waals surface area (Å²) in [6.45, 7) is 8.67. The van der Waals surface area contributed by atoms with Gasteiger partial charge in [0.1, 0.15) is 0 Å². The molecule has 0 radical (unpaired) electrons. The maximum absolute atomic E-state index is 4.65. The number of guanidine groups is 1. The van der Waals surface area contributed by atoms with Crippen molar-refractivity contribution in [2.24, 2.45) is 10.9 Å². The highest BCUT2D eigenvalue weighted by atomic mass is 15.4. The molecule has 1 aromatic carbocycles. The molecule has 98 valence electrons. The number of nitrogens with one attached hydrogen (secondary N) is 1. The molecule has 1 aromatic rings. The van der Waals surface area contributed by atoms with E-state index in [0.717, 1.165) is 30.7 Å². The topological polar surface area (TPSA) is 27.6 Å². The summed E-state index contributed by atoms with van der Waals surface area (Å²) in [6, 6.07) is 10.8. The molecule has 0 saturated carbocycles. The third kappa shape index (κ3) is 3.03. The number of hydrogen-bond acceptors (Lipinski definition) is 3. The van der Waals surface area contributed by atoms with Gasteiger partial charge in [0.05, 0.1) is 12.6 Å². The van der Waals surface area contributed by atoms with Crippen LogP contribution in [0.25, 0.3) is 0 Å². The molecule has 0 aromatic heterocycles. The third-order valence-corrected chi connectivity index (χ3v) is 3.28. The molecule has 0 fully saturated rings.